The Balaban J connectivity index is 1.43. The normalized spacial score (nSPS) is 12.6. The molecular formula is C25H20ClN3O3. The van der Waals surface area contributed by atoms with Gasteiger partial charge in [0.15, 0.2) is 5.76 Å². The van der Waals surface area contributed by atoms with Crippen molar-refractivity contribution in [1.82, 2.24) is 4.57 Å². The van der Waals surface area contributed by atoms with Gasteiger partial charge in [0.05, 0.1) is 28.2 Å². The Kier molecular flexibility index (Phi) is 5.07. The number of carbonyl (C=O) groups excluding carboxylic acids is 2. The molecule has 4 aromatic rings. The van der Waals surface area contributed by atoms with E-state index in [1.807, 2.05) is 36.5 Å². The maximum Gasteiger partial charge on any atom is 0.291 e. The molecule has 2 aromatic heterocycles. The molecule has 0 atom stereocenters. The first-order valence-electron chi connectivity index (χ1n) is 10.3. The molecule has 2 aromatic carbocycles. The quantitative estimate of drug-likeness (QED) is 0.453. The van der Waals surface area contributed by atoms with Crippen molar-refractivity contribution < 1.29 is 14.0 Å². The SMILES string of the molecule is Cc1ccoc1C(=O)Nc1ccc(C(=O)N2CCc3cccn3-c3ccccc32)c(Cl)c1. The van der Waals surface area contributed by atoms with Crippen LogP contribution in [-0.4, -0.2) is 22.9 Å². The third-order valence-corrected chi connectivity index (χ3v) is 5.94. The molecule has 1 N–H and O–H groups in total. The number of hydrogen-bond donors (Lipinski definition) is 1. The van der Waals surface area contributed by atoms with Gasteiger partial charge in [-0.2, -0.15) is 0 Å². The van der Waals surface area contributed by atoms with E-state index in [0.717, 1.165) is 29.1 Å². The van der Waals surface area contributed by atoms with Gasteiger partial charge in [0, 0.05) is 36.1 Å². The monoisotopic (exact) mass is 445 g/mol. The summed E-state index contributed by atoms with van der Waals surface area (Å²) in [5.41, 5.74) is 4.52. The zero-order chi connectivity index (χ0) is 22.2. The lowest BCUT2D eigenvalue weighted by Crippen LogP contribution is -2.32. The van der Waals surface area contributed by atoms with E-state index in [1.54, 1.807) is 36.1 Å². The second-order valence-corrected chi connectivity index (χ2v) is 8.05. The number of nitrogens with zero attached hydrogens (tertiary/aromatic N) is 2. The Morgan fingerprint density at radius 3 is 2.59 bits per heavy atom. The van der Waals surface area contributed by atoms with Crippen LogP contribution < -0.4 is 10.2 Å². The van der Waals surface area contributed by atoms with Crippen molar-refractivity contribution in [2.75, 3.05) is 16.8 Å². The van der Waals surface area contributed by atoms with E-state index in [2.05, 4.69) is 16.0 Å². The fourth-order valence-corrected chi connectivity index (χ4v) is 4.28. The van der Waals surface area contributed by atoms with Crippen LogP contribution >= 0.6 is 11.6 Å². The van der Waals surface area contributed by atoms with Crippen molar-refractivity contribution in [2.45, 2.75) is 13.3 Å². The molecule has 7 heteroatoms. The number of para-hydroxylation sites is 2. The van der Waals surface area contributed by atoms with Gasteiger partial charge in [-0.3, -0.25) is 9.59 Å². The lowest BCUT2D eigenvalue weighted by Gasteiger charge is -2.23. The molecule has 160 valence electrons. The molecule has 0 fully saturated rings. The molecule has 6 nitrogen and oxygen atoms in total. The minimum Gasteiger partial charge on any atom is -0.459 e. The van der Waals surface area contributed by atoms with Gasteiger partial charge in [0.25, 0.3) is 11.8 Å². The largest absolute Gasteiger partial charge is 0.459 e. The molecule has 0 radical (unpaired) electrons. The van der Waals surface area contributed by atoms with Crippen LogP contribution in [0.3, 0.4) is 0 Å². The van der Waals surface area contributed by atoms with Gasteiger partial charge in [-0.1, -0.05) is 23.7 Å². The van der Waals surface area contributed by atoms with E-state index in [1.165, 1.54) is 6.26 Å². The number of halogens is 1. The zero-order valence-corrected chi connectivity index (χ0v) is 18.1. The molecule has 32 heavy (non-hydrogen) atoms. The third-order valence-electron chi connectivity index (χ3n) is 5.63. The lowest BCUT2D eigenvalue weighted by atomic mass is 10.1. The van der Waals surface area contributed by atoms with E-state index in [-0.39, 0.29) is 22.6 Å². The Bertz CT molecular complexity index is 1340. The average Bonchev–Trinajstić information content (AvgIpc) is 3.40. The molecule has 0 aliphatic carbocycles. The van der Waals surface area contributed by atoms with Crippen molar-refractivity contribution in [3.05, 3.63) is 101 Å². The van der Waals surface area contributed by atoms with Gasteiger partial charge in [-0.15, -0.1) is 0 Å². The summed E-state index contributed by atoms with van der Waals surface area (Å²) in [5.74, 6) is -0.315. The van der Waals surface area contributed by atoms with Crippen LogP contribution in [0.25, 0.3) is 5.69 Å². The number of rotatable bonds is 3. The van der Waals surface area contributed by atoms with Crippen LogP contribution in [-0.2, 0) is 6.42 Å². The van der Waals surface area contributed by atoms with E-state index in [9.17, 15) is 9.59 Å². The molecule has 1 aliphatic rings. The third kappa shape index (κ3) is 3.48. The molecule has 0 unspecified atom stereocenters. The number of nitrogens with one attached hydrogen (secondary N) is 1. The van der Waals surface area contributed by atoms with Crippen molar-refractivity contribution in [1.29, 1.82) is 0 Å². The number of aryl methyl sites for hydroxylation is 1. The maximum atomic E-state index is 13.5. The second-order valence-electron chi connectivity index (χ2n) is 7.65. The highest BCUT2D eigenvalue weighted by Gasteiger charge is 2.26. The van der Waals surface area contributed by atoms with Crippen molar-refractivity contribution in [3.63, 3.8) is 0 Å². The van der Waals surface area contributed by atoms with Crippen LogP contribution in [0.1, 0.15) is 32.2 Å². The first kappa shape index (κ1) is 20.2. The number of benzene rings is 2. The topological polar surface area (TPSA) is 67.5 Å². The van der Waals surface area contributed by atoms with Gasteiger partial charge < -0.3 is 19.2 Å². The van der Waals surface area contributed by atoms with Gasteiger partial charge in [-0.05, 0) is 55.5 Å². The fraction of sp³-hybridized carbons (Fsp3) is 0.120. The second kappa shape index (κ2) is 8.05. The van der Waals surface area contributed by atoms with Crippen molar-refractivity contribution >= 4 is 34.8 Å². The number of hydrogen-bond acceptors (Lipinski definition) is 3. The highest BCUT2D eigenvalue weighted by Crippen LogP contribution is 2.32. The van der Waals surface area contributed by atoms with Crippen LogP contribution in [0, 0.1) is 6.92 Å². The number of carbonyl (C=O) groups is 2. The summed E-state index contributed by atoms with van der Waals surface area (Å²) < 4.78 is 7.34. The molecule has 2 amide bonds. The Labute approximate surface area is 190 Å². The minimum absolute atomic E-state index is 0.187. The molecule has 5 rings (SSSR count). The molecule has 0 spiro atoms. The van der Waals surface area contributed by atoms with Gasteiger partial charge >= 0.3 is 0 Å². The summed E-state index contributed by atoms with van der Waals surface area (Å²) in [6.07, 6.45) is 4.20. The molecule has 1 aliphatic heterocycles. The van der Waals surface area contributed by atoms with E-state index >= 15 is 0 Å². The highest BCUT2D eigenvalue weighted by molar-refractivity contribution is 6.35. The zero-order valence-electron chi connectivity index (χ0n) is 17.3. The predicted octanol–water partition coefficient (Wildman–Crippen LogP) is 5.49. The summed E-state index contributed by atoms with van der Waals surface area (Å²) in [7, 11) is 0. The van der Waals surface area contributed by atoms with Gasteiger partial charge in [-0.25, -0.2) is 0 Å². The Morgan fingerprint density at radius 2 is 1.84 bits per heavy atom. The number of furan rings is 1. The predicted molar refractivity (Wildman–Crippen MR) is 124 cm³/mol. The van der Waals surface area contributed by atoms with Gasteiger partial charge in [0.2, 0.25) is 0 Å². The van der Waals surface area contributed by atoms with Crippen molar-refractivity contribution in [3.8, 4) is 5.69 Å². The Morgan fingerprint density at radius 1 is 1.03 bits per heavy atom. The molecular weight excluding hydrogens is 426 g/mol. The van der Waals surface area contributed by atoms with Crippen LogP contribution in [0.5, 0.6) is 0 Å². The van der Waals surface area contributed by atoms with E-state index < -0.39 is 0 Å². The molecule has 0 saturated heterocycles. The highest BCUT2D eigenvalue weighted by atomic mass is 35.5. The Hall–Kier alpha value is -3.77. The minimum atomic E-state index is -0.369. The van der Waals surface area contributed by atoms with E-state index in [0.29, 0.717) is 17.8 Å². The fourth-order valence-electron chi connectivity index (χ4n) is 4.01. The molecule has 0 saturated carbocycles. The summed E-state index contributed by atoms with van der Waals surface area (Å²) in [4.78, 5) is 27.7. The average molecular weight is 446 g/mol. The number of fused-ring (bicyclic) bond motifs is 3. The summed E-state index contributed by atoms with van der Waals surface area (Å²) >= 11 is 6.49. The molecule has 0 bridgehead atoms. The first-order chi connectivity index (χ1) is 15.5. The number of amides is 2. The number of anilines is 2. The first-order valence-corrected chi connectivity index (χ1v) is 10.6. The van der Waals surface area contributed by atoms with Crippen LogP contribution in [0.15, 0.2) is 77.5 Å². The summed E-state index contributed by atoms with van der Waals surface area (Å²) in [5, 5.41) is 3.03. The van der Waals surface area contributed by atoms with E-state index in [4.69, 9.17) is 16.0 Å². The molecule has 3 heterocycles. The summed E-state index contributed by atoms with van der Waals surface area (Å²) in [6, 6.07) is 18.5. The number of aromatic nitrogens is 1. The lowest BCUT2D eigenvalue weighted by molar-refractivity contribution is 0.0984. The van der Waals surface area contributed by atoms with Crippen LogP contribution in [0.4, 0.5) is 11.4 Å². The maximum absolute atomic E-state index is 13.5. The standard InChI is InChI=1S/C25H20ClN3O3/c1-16-11-14-32-23(16)24(30)27-17-8-9-19(20(26)15-17)25(31)29-13-10-18-5-4-12-28(18)21-6-2-3-7-22(21)29/h2-9,11-12,14-15H,10,13H2,1H3,(H,27,30). The van der Waals surface area contributed by atoms with Crippen LogP contribution in [0.2, 0.25) is 5.02 Å². The smallest absolute Gasteiger partial charge is 0.291 e. The summed E-state index contributed by atoms with van der Waals surface area (Å²) in [6.45, 7) is 2.33. The van der Waals surface area contributed by atoms with Gasteiger partial charge in [0.1, 0.15) is 0 Å². The van der Waals surface area contributed by atoms with Crippen molar-refractivity contribution in [2.24, 2.45) is 0 Å².